The highest BCUT2D eigenvalue weighted by atomic mass is 16.4. The Kier molecular flexibility index (Phi) is 4.65. The summed E-state index contributed by atoms with van der Waals surface area (Å²) < 4.78 is 2.05. The molecule has 5 heteroatoms. The van der Waals surface area contributed by atoms with Crippen LogP contribution in [0.5, 0.6) is 0 Å². The Labute approximate surface area is 129 Å². The van der Waals surface area contributed by atoms with Crippen LogP contribution in [-0.4, -0.2) is 27.6 Å². The van der Waals surface area contributed by atoms with Crippen LogP contribution in [-0.2, 0) is 11.3 Å². The molecule has 22 heavy (non-hydrogen) atoms. The van der Waals surface area contributed by atoms with Crippen LogP contribution in [0.25, 0.3) is 0 Å². The van der Waals surface area contributed by atoms with E-state index in [1.54, 1.807) is 6.07 Å². The van der Waals surface area contributed by atoms with Crippen molar-refractivity contribution in [3.05, 3.63) is 58.9 Å². The number of benzene rings is 1. The zero-order valence-electron chi connectivity index (χ0n) is 13.0. The van der Waals surface area contributed by atoms with Gasteiger partial charge in [-0.2, -0.15) is 0 Å². The summed E-state index contributed by atoms with van der Waals surface area (Å²) in [7, 11) is 0. The van der Waals surface area contributed by atoms with Crippen molar-refractivity contribution in [2.75, 3.05) is 0 Å². The van der Waals surface area contributed by atoms with E-state index in [4.69, 9.17) is 5.11 Å². The van der Waals surface area contributed by atoms with Crippen LogP contribution in [0.4, 0.5) is 0 Å². The fourth-order valence-corrected chi connectivity index (χ4v) is 2.38. The van der Waals surface area contributed by atoms with E-state index in [2.05, 4.69) is 9.88 Å². The topological polar surface area (TPSA) is 71.3 Å². The van der Waals surface area contributed by atoms with Gasteiger partial charge in [-0.3, -0.25) is 9.59 Å². The maximum atomic E-state index is 12.2. The summed E-state index contributed by atoms with van der Waals surface area (Å²) in [6.45, 7) is 5.94. The van der Waals surface area contributed by atoms with Crippen molar-refractivity contribution in [3.63, 3.8) is 0 Å². The predicted molar refractivity (Wildman–Crippen MR) is 84.0 cm³/mol. The summed E-state index contributed by atoms with van der Waals surface area (Å²) in [6.07, 6.45) is 0. The second kappa shape index (κ2) is 6.47. The van der Waals surface area contributed by atoms with Gasteiger partial charge in [0.25, 0.3) is 5.91 Å². The maximum Gasteiger partial charge on any atom is 0.325 e. The van der Waals surface area contributed by atoms with Crippen molar-refractivity contribution >= 4 is 11.9 Å². The number of carbonyl (C=O) groups excluding carboxylic acids is 1. The maximum absolute atomic E-state index is 12.2. The van der Waals surface area contributed by atoms with Crippen LogP contribution in [0.2, 0.25) is 0 Å². The van der Waals surface area contributed by atoms with E-state index in [-0.39, 0.29) is 5.91 Å². The summed E-state index contributed by atoms with van der Waals surface area (Å²) in [5.41, 5.74) is 3.46. The molecule has 0 radical (unpaired) electrons. The molecule has 0 saturated carbocycles. The number of rotatable bonds is 5. The molecule has 1 atom stereocenters. The molecule has 0 fully saturated rings. The fraction of sp³-hybridized carbons (Fsp3) is 0.294. The SMILES string of the molecule is Cc1cc(C(=O)N[C@H](C)C(=O)O)c(C)n1Cc1ccccc1. The molecule has 5 nitrogen and oxygen atoms in total. The Bertz CT molecular complexity index is 689. The van der Waals surface area contributed by atoms with Crippen molar-refractivity contribution in [1.29, 1.82) is 0 Å². The van der Waals surface area contributed by atoms with Crippen LogP contribution in [0.15, 0.2) is 36.4 Å². The predicted octanol–water partition coefficient (Wildman–Crippen LogP) is 2.36. The highest BCUT2D eigenvalue weighted by Crippen LogP contribution is 2.17. The molecule has 0 aliphatic heterocycles. The summed E-state index contributed by atoms with van der Waals surface area (Å²) in [6, 6.07) is 10.9. The minimum absolute atomic E-state index is 0.359. The Balaban J connectivity index is 2.23. The molecule has 116 valence electrons. The molecule has 1 aromatic carbocycles. The van der Waals surface area contributed by atoms with Gasteiger partial charge in [0, 0.05) is 17.9 Å². The van der Waals surface area contributed by atoms with E-state index in [1.807, 2.05) is 44.2 Å². The molecule has 0 spiro atoms. The molecular weight excluding hydrogens is 280 g/mol. The molecule has 0 aliphatic rings. The summed E-state index contributed by atoms with van der Waals surface area (Å²) >= 11 is 0. The molecular formula is C17H20N2O3. The highest BCUT2D eigenvalue weighted by molar-refractivity contribution is 5.97. The van der Waals surface area contributed by atoms with Crippen molar-refractivity contribution in [2.24, 2.45) is 0 Å². The van der Waals surface area contributed by atoms with Gasteiger partial charge in [0.2, 0.25) is 0 Å². The number of nitrogens with zero attached hydrogens (tertiary/aromatic N) is 1. The van der Waals surface area contributed by atoms with Crippen molar-refractivity contribution in [2.45, 2.75) is 33.4 Å². The van der Waals surface area contributed by atoms with Gasteiger partial charge in [-0.05, 0) is 32.4 Å². The first-order chi connectivity index (χ1) is 10.4. The molecule has 1 amide bonds. The van der Waals surface area contributed by atoms with Gasteiger partial charge in [-0.15, -0.1) is 0 Å². The molecule has 0 unspecified atom stereocenters. The van der Waals surface area contributed by atoms with E-state index < -0.39 is 12.0 Å². The minimum atomic E-state index is -1.05. The molecule has 0 saturated heterocycles. The first-order valence-electron chi connectivity index (χ1n) is 7.14. The van der Waals surface area contributed by atoms with Crippen LogP contribution in [0, 0.1) is 13.8 Å². The van der Waals surface area contributed by atoms with E-state index in [0.29, 0.717) is 12.1 Å². The normalized spacial score (nSPS) is 12.0. The molecule has 1 aromatic heterocycles. The monoisotopic (exact) mass is 300 g/mol. The fourth-order valence-electron chi connectivity index (χ4n) is 2.38. The number of nitrogens with one attached hydrogen (secondary N) is 1. The third-order valence-corrected chi connectivity index (χ3v) is 3.72. The zero-order valence-corrected chi connectivity index (χ0v) is 13.0. The third kappa shape index (κ3) is 3.36. The van der Waals surface area contributed by atoms with Crippen molar-refractivity contribution < 1.29 is 14.7 Å². The number of aromatic nitrogens is 1. The zero-order chi connectivity index (χ0) is 16.3. The van der Waals surface area contributed by atoms with Crippen molar-refractivity contribution in [3.8, 4) is 0 Å². The number of hydrogen-bond donors (Lipinski definition) is 2. The number of aryl methyl sites for hydroxylation is 1. The quantitative estimate of drug-likeness (QED) is 0.890. The second-order valence-corrected chi connectivity index (χ2v) is 5.39. The van der Waals surface area contributed by atoms with Gasteiger partial charge in [0.1, 0.15) is 6.04 Å². The van der Waals surface area contributed by atoms with E-state index in [0.717, 1.165) is 17.0 Å². The van der Waals surface area contributed by atoms with Gasteiger partial charge < -0.3 is 15.0 Å². The molecule has 2 rings (SSSR count). The molecule has 1 heterocycles. The van der Waals surface area contributed by atoms with Crippen LogP contribution in [0.3, 0.4) is 0 Å². The number of carboxylic acid groups (broad SMARTS) is 1. The molecule has 0 bridgehead atoms. The van der Waals surface area contributed by atoms with Crippen LogP contribution < -0.4 is 5.32 Å². The number of carbonyl (C=O) groups is 2. The van der Waals surface area contributed by atoms with Gasteiger partial charge in [-0.1, -0.05) is 30.3 Å². The van der Waals surface area contributed by atoms with E-state index >= 15 is 0 Å². The molecule has 2 aromatic rings. The Morgan fingerprint density at radius 3 is 2.45 bits per heavy atom. The van der Waals surface area contributed by atoms with E-state index in [1.165, 1.54) is 6.92 Å². The standard InChI is InChI=1S/C17H20N2O3/c1-11-9-15(16(20)18-12(2)17(21)22)13(3)19(11)10-14-7-5-4-6-8-14/h4-9,12H,10H2,1-3H3,(H,18,20)(H,21,22)/t12-/m1/s1. The van der Waals surface area contributed by atoms with E-state index in [9.17, 15) is 9.59 Å². The summed E-state index contributed by atoms with van der Waals surface area (Å²) in [5, 5.41) is 11.4. The lowest BCUT2D eigenvalue weighted by molar-refractivity contribution is -0.138. The highest BCUT2D eigenvalue weighted by Gasteiger charge is 2.19. The van der Waals surface area contributed by atoms with Gasteiger partial charge in [0.05, 0.1) is 5.56 Å². The van der Waals surface area contributed by atoms with Crippen molar-refractivity contribution in [1.82, 2.24) is 9.88 Å². The summed E-state index contributed by atoms with van der Waals surface area (Å²) in [4.78, 5) is 23.1. The van der Waals surface area contributed by atoms with Crippen LogP contribution >= 0.6 is 0 Å². The smallest absolute Gasteiger partial charge is 0.325 e. The van der Waals surface area contributed by atoms with Gasteiger partial charge in [0.15, 0.2) is 0 Å². The lowest BCUT2D eigenvalue weighted by Crippen LogP contribution is -2.38. The number of hydrogen-bond acceptors (Lipinski definition) is 2. The number of aliphatic carboxylic acids is 1. The Hall–Kier alpha value is -2.56. The average molecular weight is 300 g/mol. The Morgan fingerprint density at radius 2 is 1.86 bits per heavy atom. The molecule has 2 N–H and O–H groups in total. The second-order valence-electron chi connectivity index (χ2n) is 5.39. The number of carboxylic acids is 1. The third-order valence-electron chi connectivity index (χ3n) is 3.72. The first kappa shape index (κ1) is 15.8. The largest absolute Gasteiger partial charge is 0.480 e. The first-order valence-corrected chi connectivity index (χ1v) is 7.14. The molecule has 0 aliphatic carbocycles. The van der Waals surface area contributed by atoms with Gasteiger partial charge in [-0.25, -0.2) is 0 Å². The van der Waals surface area contributed by atoms with Gasteiger partial charge >= 0.3 is 5.97 Å². The Morgan fingerprint density at radius 1 is 1.23 bits per heavy atom. The lowest BCUT2D eigenvalue weighted by Gasteiger charge is -2.11. The van der Waals surface area contributed by atoms with Crippen LogP contribution in [0.1, 0.15) is 34.2 Å². The minimum Gasteiger partial charge on any atom is -0.480 e. The number of amides is 1. The average Bonchev–Trinajstić information content (AvgIpc) is 2.76. The summed E-state index contributed by atoms with van der Waals surface area (Å²) in [5.74, 6) is -1.41. The lowest BCUT2D eigenvalue weighted by atomic mass is 10.2.